The van der Waals surface area contributed by atoms with Crippen LogP contribution in [0, 0.1) is 0 Å². The second-order valence-electron chi connectivity index (χ2n) is 18.9. The number of hydrogen-bond acceptors (Lipinski definition) is 0. The zero-order valence-corrected chi connectivity index (χ0v) is 38.0. The summed E-state index contributed by atoms with van der Waals surface area (Å²) < 4.78 is 2.40. The summed E-state index contributed by atoms with van der Waals surface area (Å²) in [5.74, 6) is 0. The van der Waals surface area contributed by atoms with E-state index in [0.29, 0.717) is 0 Å². The molecule has 1 nitrogen and oxygen atoms in total. The molecule has 1 heteroatoms. The van der Waals surface area contributed by atoms with E-state index >= 15 is 0 Å². The lowest BCUT2D eigenvalue weighted by Crippen LogP contribution is -2.10. The monoisotopic (exact) mass is 855 g/mol. The zero-order chi connectivity index (χ0) is 45.1. The molecular weight excluding hydrogens is 807 g/mol. The number of para-hydroxylation sites is 1. The normalized spacial score (nSPS) is 11.8. The smallest absolute Gasteiger partial charge is 0.0541 e. The van der Waals surface area contributed by atoms with E-state index in [-0.39, 0.29) is 5.41 Å². The van der Waals surface area contributed by atoms with Crippen LogP contribution < -0.4 is 0 Å². The molecule has 67 heavy (non-hydrogen) atoms. The third-order valence-electron chi connectivity index (χ3n) is 13.8. The van der Waals surface area contributed by atoms with Crippen LogP contribution in [0.3, 0.4) is 0 Å². The first-order chi connectivity index (χ1) is 32.9. The lowest BCUT2D eigenvalue weighted by Gasteiger charge is -2.20. The van der Waals surface area contributed by atoms with E-state index < -0.39 is 0 Å². The Balaban J connectivity index is 0.962. The van der Waals surface area contributed by atoms with Crippen LogP contribution in [0.15, 0.2) is 243 Å². The van der Waals surface area contributed by atoms with Gasteiger partial charge in [-0.15, -0.1) is 0 Å². The maximum atomic E-state index is 2.41. The summed E-state index contributed by atoms with van der Waals surface area (Å²) >= 11 is 0. The predicted molar refractivity (Wildman–Crippen MR) is 287 cm³/mol. The van der Waals surface area contributed by atoms with E-state index in [1.165, 1.54) is 121 Å². The van der Waals surface area contributed by atoms with Crippen molar-refractivity contribution in [2.45, 2.75) is 26.2 Å². The molecule has 318 valence electrons. The van der Waals surface area contributed by atoms with E-state index in [1.54, 1.807) is 0 Å². The molecule has 12 rings (SSSR count). The van der Waals surface area contributed by atoms with Crippen molar-refractivity contribution in [3.8, 4) is 72.4 Å². The summed E-state index contributed by atoms with van der Waals surface area (Å²) in [5, 5.41) is 7.54. The molecule has 0 amide bonds. The van der Waals surface area contributed by atoms with Crippen molar-refractivity contribution in [1.82, 2.24) is 4.57 Å². The molecule has 1 aromatic heterocycles. The van der Waals surface area contributed by atoms with Gasteiger partial charge in [-0.05, 0) is 148 Å². The third-order valence-corrected chi connectivity index (χ3v) is 13.8. The van der Waals surface area contributed by atoms with Crippen LogP contribution in [-0.4, -0.2) is 4.57 Å². The van der Waals surface area contributed by atoms with Crippen LogP contribution in [0.1, 0.15) is 26.3 Å². The number of benzene rings is 11. The lowest BCUT2D eigenvalue weighted by atomic mass is 9.83. The Morgan fingerprint density at radius 3 is 1.06 bits per heavy atom. The van der Waals surface area contributed by atoms with Gasteiger partial charge in [-0.2, -0.15) is 0 Å². The van der Waals surface area contributed by atoms with E-state index in [1.807, 2.05) is 0 Å². The van der Waals surface area contributed by atoms with Gasteiger partial charge in [0.25, 0.3) is 0 Å². The Hall–Kier alpha value is -8.26. The van der Waals surface area contributed by atoms with Gasteiger partial charge in [0.2, 0.25) is 0 Å². The lowest BCUT2D eigenvalue weighted by molar-refractivity contribution is 0.591. The summed E-state index contributed by atoms with van der Waals surface area (Å²) in [6.07, 6.45) is 0. The summed E-state index contributed by atoms with van der Waals surface area (Å²) in [4.78, 5) is 0. The molecule has 1 heterocycles. The summed E-state index contributed by atoms with van der Waals surface area (Å²) in [5.41, 5.74) is 19.6. The van der Waals surface area contributed by atoms with E-state index in [0.717, 1.165) is 0 Å². The molecule has 0 aliphatic rings. The largest absolute Gasteiger partial charge is 0.309 e. The maximum Gasteiger partial charge on any atom is 0.0541 e. The summed E-state index contributed by atoms with van der Waals surface area (Å²) in [6, 6.07) is 89.5. The molecule has 12 aromatic rings. The van der Waals surface area contributed by atoms with Crippen LogP contribution in [0.5, 0.6) is 0 Å². The zero-order valence-electron chi connectivity index (χ0n) is 38.0. The highest BCUT2D eigenvalue weighted by molar-refractivity contribution is 6.22. The second kappa shape index (κ2) is 16.3. The van der Waals surface area contributed by atoms with Crippen molar-refractivity contribution in [3.63, 3.8) is 0 Å². The van der Waals surface area contributed by atoms with Gasteiger partial charge in [0.1, 0.15) is 0 Å². The van der Waals surface area contributed by atoms with Crippen molar-refractivity contribution in [2.24, 2.45) is 0 Å². The standard InChI is InChI=1S/C66H49N/c1-66(2,3)54-35-39-63-59(43-54)58-40-53(34-38-62(58)67(63)55-22-14-7-15-23-55)48-26-24-46(25-27-48)47-28-30-50(31-29-47)65-57-37-33-51(44-16-8-4-9-17-44)41-60(57)64(49-20-12-6-13-21-49)56-36-32-52(42-61(56)65)45-18-10-5-11-19-45/h4-43H,1-3H3. The molecule has 0 radical (unpaired) electrons. The molecule has 0 N–H and O–H groups in total. The van der Waals surface area contributed by atoms with Gasteiger partial charge in [0, 0.05) is 16.5 Å². The molecular formula is C66H49N. The Bertz CT molecular complexity index is 3760. The average molecular weight is 856 g/mol. The van der Waals surface area contributed by atoms with Gasteiger partial charge in [0.15, 0.2) is 0 Å². The van der Waals surface area contributed by atoms with Crippen LogP contribution in [-0.2, 0) is 5.41 Å². The molecule has 0 aliphatic carbocycles. The van der Waals surface area contributed by atoms with E-state index in [2.05, 4.69) is 268 Å². The molecule has 0 saturated heterocycles. The molecule has 0 atom stereocenters. The quantitative estimate of drug-likeness (QED) is 0.141. The van der Waals surface area contributed by atoms with Crippen LogP contribution in [0.25, 0.3) is 116 Å². The number of fused-ring (bicyclic) bond motifs is 5. The Morgan fingerprint density at radius 2 is 0.582 bits per heavy atom. The highest BCUT2D eigenvalue weighted by Crippen LogP contribution is 2.46. The van der Waals surface area contributed by atoms with E-state index in [9.17, 15) is 0 Å². The first-order valence-corrected chi connectivity index (χ1v) is 23.4. The van der Waals surface area contributed by atoms with Gasteiger partial charge in [-0.25, -0.2) is 0 Å². The van der Waals surface area contributed by atoms with Gasteiger partial charge in [-0.3, -0.25) is 0 Å². The molecule has 0 aliphatic heterocycles. The molecule has 0 saturated carbocycles. The van der Waals surface area contributed by atoms with Gasteiger partial charge < -0.3 is 4.57 Å². The minimum absolute atomic E-state index is 0.0497. The number of aromatic nitrogens is 1. The van der Waals surface area contributed by atoms with Crippen molar-refractivity contribution in [2.75, 3.05) is 0 Å². The highest BCUT2D eigenvalue weighted by Gasteiger charge is 2.21. The van der Waals surface area contributed by atoms with Crippen molar-refractivity contribution < 1.29 is 0 Å². The first kappa shape index (κ1) is 40.3. The predicted octanol–water partition coefficient (Wildman–Crippen LogP) is 18.4. The maximum absolute atomic E-state index is 2.41. The van der Waals surface area contributed by atoms with Gasteiger partial charge in [-0.1, -0.05) is 215 Å². The van der Waals surface area contributed by atoms with E-state index in [4.69, 9.17) is 0 Å². The molecule has 0 fully saturated rings. The molecule has 0 bridgehead atoms. The van der Waals surface area contributed by atoms with Crippen molar-refractivity contribution in [1.29, 1.82) is 0 Å². The SMILES string of the molecule is CC(C)(C)c1ccc2c(c1)c1cc(-c3ccc(-c4ccc(-c5c6ccc(-c7ccccc7)cc6c(-c6ccccc6)c6ccc(-c7ccccc7)cc56)cc4)cc3)ccc1n2-c1ccccc1. The minimum Gasteiger partial charge on any atom is -0.309 e. The number of rotatable bonds is 7. The summed E-state index contributed by atoms with van der Waals surface area (Å²) in [7, 11) is 0. The third kappa shape index (κ3) is 7.21. The van der Waals surface area contributed by atoms with Crippen LogP contribution >= 0.6 is 0 Å². The minimum atomic E-state index is 0.0497. The van der Waals surface area contributed by atoms with Crippen LogP contribution in [0.2, 0.25) is 0 Å². The first-order valence-electron chi connectivity index (χ1n) is 23.4. The van der Waals surface area contributed by atoms with Crippen molar-refractivity contribution in [3.05, 3.63) is 248 Å². The number of nitrogens with zero attached hydrogens (tertiary/aromatic N) is 1. The molecule has 11 aromatic carbocycles. The van der Waals surface area contributed by atoms with Gasteiger partial charge >= 0.3 is 0 Å². The fourth-order valence-corrected chi connectivity index (χ4v) is 10.3. The highest BCUT2D eigenvalue weighted by atomic mass is 15.0. The second-order valence-corrected chi connectivity index (χ2v) is 18.9. The molecule has 0 unspecified atom stereocenters. The number of hydrogen-bond donors (Lipinski definition) is 0. The average Bonchev–Trinajstić information content (AvgIpc) is 3.71. The van der Waals surface area contributed by atoms with Crippen molar-refractivity contribution >= 4 is 43.4 Å². The topological polar surface area (TPSA) is 4.93 Å². The Labute approximate surface area is 392 Å². The Morgan fingerprint density at radius 1 is 0.254 bits per heavy atom. The Kier molecular flexibility index (Phi) is 9.81. The van der Waals surface area contributed by atoms with Gasteiger partial charge in [0.05, 0.1) is 11.0 Å². The fourth-order valence-electron chi connectivity index (χ4n) is 10.3. The summed E-state index contributed by atoms with van der Waals surface area (Å²) in [6.45, 7) is 6.88. The molecule has 0 spiro atoms. The van der Waals surface area contributed by atoms with Crippen LogP contribution in [0.4, 0.5) is 0 Å². The fraction of sp³-hybridized carbons (Fsp3) is 0.0606.